The van der Waals surface area contributed by atoms with Crippen LogP contribution >= 0.6 is 27.3 Å². The number of halogens is 1. The van der Waals surface area contributed by atoms with Crippen LogP contribution in [0.1, 0.15) is 31.0 Å². The van der Waals surface area contributed by atoms with Crippen LogP contribution in [0.4, 0.5) is 0 Å². The molecule has 0 radical (unpaired) electrons. The number of allylic oxidation sites excluding steroid dienone is 1. The second-order valence-corrected chi connectivity index (χ2v) is 11.0. The van der Waals surface area contributed by atoms with Gasteiger partial charge in [-0.25, -0.2) is 9.79 Å². The van der Waals surface area contributed by atoms with E-state index in [0.717, 1.165) is 0 Å². The van der Waals surface area contributed by atoms with E-state index in [-0.39, 0.29) is 24.3 Å². The van der Waals surface area contributed by atoms with Gasteiger partial charge < -0.3 is 28.4 Å². The Morgan fingerprint density at radius 3 is 2.56 bits per heavy atom. The summed E-state index contributed by atoms with van der Waals surface area (Å²) in [6.45, 7) is 8.17. The number of hydrogen-bond donors (Lipinski definition) is 0. The van der Waals surface area contributed by atoms with Gasteiger partial charge in [-0.15, -0.1) is 0 Å². The minimum absolute atomic E-state index is 0.0445. The highest BCUT2D eigenvalue weighted by Crippen LogP contribution is 2.41. The number of methoxy groups -OCH3 is 3. The van der Waals surface area contributed by atoms with Crippen LogP contribution in [0.3, 0.4) is 0 Å². The molecule has 2 aromatic carbocycles. The number of ether oxygens (including phenoxy) is 6. The third-order valence-electron chi connectivity index (χ3n) is 6.47. The van der Waals surface area contributed by atoms with E-state index in [4.69, 9.17) is 28.4 Å². The van der Waals surface area contributed by atoms with E-state index in [1.54, 1.807) is 50.5 Å². The lowest BCUT2D eigenvalue weighted by atomic mass is 9.94. The smallest absolute Gasteiger partial charge is 0.338 e. The van der Waals surface area contributed by atoms with E-state index in [1.807, 2.05) is 13.0 Å². The van der Waals surface area contributed by atoms with Crippen LogP contribution < -0.4 is 33.8 Å². The van der Waals surface area contributed by atoms with Crippen molar-refractivity contribution in [3.63, 3.8) is 0 Å². The van der Waals surface area contributed by atoms with E-state index in [1.165, 1.54) is 30.1 Å². The van der Waals surface area contributed by atoms with Crippen LogP contribution in [-0.4, -0.2) is 58.3 Å². The minimum Gasteiger partial charge on any atom is -0.493 e. The van der Waals surface area contributed by atoms with Crippen molar-refractivity contribution >= 4 is 39.3 Å². The molecule has 0 spiro atoms. The number of hydrogen-bond acceptors (Lipinski definition) is 10. The Kier molecular flexibility index (Phi) is 10.8. The first-order valence-corrected chi connectivity index (χ1v) is 15.0. The summed E-state index contributed by atoms with van der Waals surface area (Å²) < 4.78 is 36.0. The van der Waals surface area contributed by atoms with Crippen LogP contribution in [0.25, 0.3) is 6.08 Å². The fourth-order valence-corrected chi connectivity index (χ4v) is 6.26. The summed E-state index contributed by atoms with van der Waals surface area (Å²) in [5.41, 5.74) is 1.57. The van der Waals surface area contributed by atoms with Crippen LogP contribution in [-0.2, 0) is 14.3 Å². The zero-order chi connectivity index (χ0) is 31.1. The average molecular weight is 674 g/mol. The minimum atomic E-state index is -0.888. The van der Waals surface area contributed by atoms with Gasteiger partial charge in [0.05, 0.1) is 47.7 Å². The number of aromatic nitrogens is 1. The zero-order valence-corrected chi connectivity index (χ0v) is 27.0. The molecule has 0 aliphatic carbocycles. The Hall–Kier alpha value is -3.87. The van der Waals surface area contributed by atoms with Gasteiger partial charge in [-0.2, -0.15) is 0 Å². The van der Waals surface area contributed by atoms with Gasteiger partial charge >= 0.3 is 5.97 Å². The number of esters is 1. The number of fused-ring (bicyclic) bond motifs is 1. The molecule has 1 aromatic heterocycles. The third kappa shape index (κ3) is 6.71. The highest BCUT2D eigenvalue weighted by atomic mass is 79.9. The molecule has 228 valence electrons. The molecule has 1 aliphatic heterocycles. The molecule has 0 saturated heterocycles. The topological polar surface area (TPSA) is 107 Å². The number of rotatable bonds is 13. The van der Waals surface area contributed by atoms with Crippen molar-refractivity contribution in [2.45, 2.75) is 19.9 Å². The molecule has 43 heavy (non-hydrogen) atoms. The van der Waals surface area contributed by atoms with Gasteiger partial charge in [-0.05, 0) is 59.6 Å². The van der Waals surface area contributed by atoms with Gasteiger partial charge in [0.1, 0.15) is 19.3 Å². The predicted molar refractivity (Wildman–Crippen MR) is 167 cm³/mol. The summed E-state index contributed by atoms with van der Waals surface area (Å²) >= 11 is 4.75. The molecule has 1 atom stereocenters. The first kappa shape index (κ1) is 32.1. The third-order valence-corrected chi connectivity index (χ3v) is 8.04. The second-order valence-electron chi connectivity index (χ2n) is 9.16. The highest BCUT2D eigenvalue weighted by Gasteiger charge is 2.36. The number of carbonyl (C=O) groups excluding carboxylic acids is 1. The molecule has 0 saturated carbocycles. The first-order valence-electron chi connectivity index (χ1n) is 13.4. The first-order chi connectivity index (χ1) is 20.8. The molecule has 0 bridgehead atoms. The van der Waals surface area contributed by atoms with Crippen LogP contribution in [0, 0.1) is 0 Å². The molecule has 10 nitrogen and oxygen atoms in total. The number of carbonyl (C=O) groups is 1. The molecular weight excluding hydrogens is 640 g/mol. The van der Waals surface area contributed by atoms with Crippen LogP contribution in [0.15, 0.2) is 68.5 Å². The summed E-state index contributed by atoms with van der Waals surface area (Å²) in [5.74, 6) is 1.30. The van der Waals surface area contributed by atoms with E-state index in [0.29, 0.717) is 66.8 Å². The lowest BCUT2D eigenvalue weighted by Crippen LogP contribution is -2.40. The van der Waals surface area contributed by atoms with Crippen molar-refractivity contribution in [3.05, 3.63) is 89.5 Å². The highest BCUT2D eigenvalue weighted by molar-refractivity contribution is 9.10. The summed E-state index contributed by atoms with van der Waals surface area (Å²) in [6.07, 6.45) is 3.39. The normalized spacial score (nSPS) is 14.6. The van der Waals surface area contributed by atoms with E-state index >= 15 is 0 Å². The maximum atomic E-state index is 14.1. The summed E-state index contributed by atoms with van der Waals surface area (Å²) in [7, 11) is 4.60. The second kappa shape index (κ2) is 14.5. The molecule has 0 N–H and O–H groups in total. The molecular formula is C31H33BrN2O8S. The SMILES string of the molecule is C=CCOc1c(Br)cc(/C=c2/sc3n(c2=O)[C@H](c2cccc(OC)c2OCC)C(C(=O)OCCOC)=C(C)N=3)cc1OC. The molecule has 0 amide bonds. The Morgan fingerprint density at radius 2 is 1.88 bits per heavy atom. The van der Waals surface area contributed by atoms with E-state index in [2.05, 4.69) is 27.5 Å². The standard InChI is InChI=1S/C31H33BrN2O8S/c1-7-12-41-28-21(32)15-19(16-23(28)39-6)17-24-29(35)34-26(20-10-9-11-22(38-5)27(20)40-8-2)25(18(3)33-31(34)43-24)30(36)42-14-13-37-4/h7,9-11,15-17,26H,1,8,12-14H2,2-6H3/b24-17+/t26-/m1/s1. The largest absolute Gasteiger partial charge is 0.493 e. The Labute approximate surface area is 261 Å². The number of benzene rings is 2. The summed E-state index contributed by atoms with van der Waals surface area (Å²) in [6, 6.07) is 8.07. The zero-order valence-electron chi connectivity index (χ0n) is 24.6. The Bertz CT molecular complexity index is 1730. The molecule has 4 rings (SSSR count). The molecule has 0 fully saturated rings. The number of nitrogens with zero attached hydrogens (tertiary/aromatic N) is 2. The van der Waals surface area contributed by atoms with E-state index in [9.17, 15) is 9.59 Å². The maximum Gasteiger partial charge on any atom is 0.338 e. The fraction of sp³-hybridized carbons (Fsp3) is 0.323. The summed E-state index contributed by atoms with van der Waals surface area (Å²) in [5, 5.41) is 0. The Morgan fingerprint density at radius 1 is 1.12 bits per heavy atom. The van der Waals surface area contributed by atoms with Gasteiger partial charge in [0, 0.05) is 12.7 Å². The fourth-order valence-electron chi connectivity index (χ4n) is 4.64. The quantitative estimate of drug-likeness (QED) is 0.151. The molecule has 12 heteroatoms. The van der Waals surface area contributed by atoms with Crippen molar-refractivity contribution < 1.29 is 33.2 Å². The monoisotopic (exact) mass is 672 g/mol. The lowest BCUT2D eigenvalue weighted by Gasteiger charge is -2.27. The maximum absolute atomic E-state index is 14.1. The van der Waals surface area contributed by atoms with Gasteiger partial charge in [0.25, 0.3) is 5.56 Å². The van der Waals surface area contributed by atoms with E-state index < -0.39 is 12.0 Å². The van der Waals surface area contributed by atoms with Crippen molar-refractivity contribution in [3.8, 4) is 23.0 Å². The van der Waals surface area contributed by atoms with Gasteiger partial charge in [-0.3, -0.25) is 9.36 Å². The number of para-hydroxylation sites is 1. The molecule has 1 aliphatic rings. The molecule has 2 heterocycles. The summed E-state index contributed by atoms with van der Waals surface area (Å²) in [4.78, 5) is 32.7. The van der Waals surface area contributed by atoms with Gasteiger partial charge in [0.15, 0.2) is 27.8 Å². The number of thiazole rings is 1. The lowest BCUT2D eigenvalue weighted by molar-refractivity contribution is -0.140. The van der Waals surface area contributed by atoms with Crippen molar-refractivity contribution in [2.24, 2.45) is 4.99 Å². The van der Waals surface area contributed by atoms with Crippen molar-refractivity contribution in [1.29, 1.82) is 0 Å². The van der Waals surface area contributed by atoms with Crippen molar-refractivity contribution in [1.82, 2.24) is 4.57 Å². The van der Waals surface area contributed by atoms with Crippen LogP contribution in [0.2, 0.25) is 0 Å². The van der Waals surface area contributed by atoms with Gasteiger partial charge in [-0.1, -0.05) is 36.1 Å². The molecule has 3 aromatic rings. The van der Waals surface area contributed by atoms with Gasteiger partial charge in [0.2, 0.25) is 0 Å². The Balaban J connectivity index is 1.94. The molecule has 0 unspecified atom stereocenters. The average Bonchev–Trinajstić information content (AvgIpc) is 3.29. The predicted octanol–water partition coefficient (Wildman–Crippen LogP) is 4.17. The van der Waals surface area contributed by atoms with Crippen molar-refractivity contribution in [2.75, 3.05) is 47.8 Å². The van der Waals surface area contributed by atoms with Crippen LogP contribution in [0.5, 0.6) is 23.0 Å².